The van der Waals surface area contributed by atoms with Crippen LogP contribution in [0, 0.1) is 5.92 Å². The van der Waals surface area contributed by atoms with E-state index in [9.17, 15) is 4.79 Å². The molecule has 4 nitrogen and oxygen atoms in total. The molecule has 1 aliphatic heterocycles. The molecule has 1 saturated heterocycles. The van der Waals surface area contributed by atoms with Crippen molar-refractivity contribution in [2.45, 2.75) is 26.3 Å². The number of esters is 1. The third-order valence-electron chi connectivity index (χ3n) is 3.77. The summed E-state index contributed by atoms with van der Waals surface area (Å²) in [6.07, 6.45) is 1.96. The zero-order chi connectivity index (χ0) is 15.2. The number of rotatable bonds is 5. The molecular weight excluding hydrogens is 334 g/mol. The normalized spacial score (nSPS) is 19.3. The average molecular weight is 356 g/mol. The topological polar surface area (TPSA) is 38.8 Å². The fourth-order valence-corrected chi connectivity index (χ4v) is 3.06. The highest BCUT2D eigenvalue weighted by Crippen LogP contribution is 2.26. The first-order chi connectivity index (χ1) is 10.1. The molecule has 0 bridgehead atoms. The lowest BCUT2D eigenvalue weighted by Gasteiger charge is -2.31. The molecule has 1 atom stereocenters. The minimum absolute atomic E-state index is 0.00285. The lowest BCUT2D eigenvalue weighted by molar-refractivity contribution is -0.150. The van der Waals surface area contributed by atoms with Gasteiger partial charge < -0.3 is 9.47 Å². The molecule has 0 radical (unpaired) electrons. The molecular formula is C16H22BrNO3. The molecule has 1 heterocycles. The van der Waals surface area contributed by atoms with Crippen LogP contribution < -0.4 is 4.74 Å². The van der Waals surface area contributed by atoms with Crippen LogP contribution in [0.2, 0.25) is 0 Å². The molecule has 21 heavy (non-hydrogen) atoms. The molecule has 0 aliphatic carbocycles. The van der Waals surface area contributed by atoms with E-state index >= 15 is 0 Å². The van der Waals surface area contributed by atoms with Crippen molar-refractivity contribution in [2.24, 2.45) is 5.92 Å². The second-order valence-corrected chi connectivity index (χ2v) is 6.14. The molecule has 116 valence electrons. The number of hydrogen-bond acceptors (Lipinski definition) is 4. The van der Waals surface area contributed by atoms with Gasteiger partial charge in [-0.2, -0.15) is 0 Å². The number of nitrogens with zero attached hydrogens (tertiary/aromatic N) is 1. The number of hydrogen-bond donors (Lipinski definition) is 0. The van der Waals surface area contributed by atoms with E-state index in [1.807, 2.05) is 25.1 Å². The van der Waals surface area contributed by atoms with Crippen LogP contribution in [-0.4, -0.2) is 37.7 Å². The van der Waals surface area contributed by atoms with Crippen molar-refractivity contribution < 1.29 is 14.3 Å². The van der Waals surface area contributed by atoms with Gasteiger partial charge in [0.05, 0.1) is 19.6 Å². The summed E-state index contributed by atoms with van der Waals surface area (Å²) in [7, 11) is 1.67. The zero-order valence-electron chi connectivity index (χ0n) is 12.6. The van der Waals surface area contributed by atoms with Crippen molar-refractivity contribution >= 4 is 21.9 Å². The number of ether oxygens (including phenoxy) is 2. The third kappa shape index (κ3) is 4.45. The molecule has 1 aromatic rings. The summed E-state index contributed by atoms with van der Waals surface area (Å²) >= 11 is 3.58. The Labute approximate surface area is 134 Å². The van der Waals surface area contributed by atoms with Gasteiger partial charge in [0.15, 0.2) is 0 Å². The number of benzene rings is 1. The van der Waals surface area contributed by atoms with Crippen molar-refractivity contribution in [2.75, 3.05) is 26.8 Å². The molecule has 1 aromatic carbocycles. The third-order valence-corrected chi connectivity index (χ3v) is 4.55. The molecule has 1 fully saturated rings. The molecule has 0 unspecified atom stereocenters. The van der Waals surface area contributed by atoms with Crippen LogP contribution in [-0.2, 0) is 16.1 Å². The van der Waals surface area contributed by atoms with Crippen molar-refractivity contribution in [1.82, 2.24) is 4.90 Å². The molecule has 0 N–H and O–H groups in total. The molecule has 2 rings (SSSR count). The van der Waals surface area contributed by atoms with Crippen LogP contribution in [0.15, 0.2) is 22.7 Å². The first kappa shape index (κ1) is 16.3. The van der Waals surface area contributed by atoms with Crippen molar-refractivity contribution in [1.29, 1.82) is 0 Å². The summed E-state index contributed by atoms with van der Waals surface area (Å²) in [5.74, 6) is 0.794. The van der Waals surface area contributed by atoms with Crippen molar-refractivity contribution in [3.05, 3.63) is 28.2 Å². The minimum Gasteiger partial charge on any atom is -0.497 e. The quantitative estimate of drug-likeness (QED) is 0.760. The Hall–Kier alpha value is -1.07. The predicted molar refractivity (Wildman–Crippen MR) is 85.3 cm³/mol. The van der Waals surface area contributed by atoms with E-state index in [-0.39, 0.29) is 11.9 Å². The number of methoxy groups -OCH3 is 1. The first-order valence-corrected chi connectivity index (χ1v) is 8.14. The molecule has 5 heteroatoms. The highest BCUT2D eigenvalue weighted by Gasteiger charge is 2.27. The van der Waals surface area contributed by atoms with Crippen molar-refractivity contribution in [3.8, 4) is 5.75 Å². The van der Waals surface area contributed by atoms with E-state index in [1.54, 1.807) is 7.11 Å². The Morgan fingerprint density at radius 2 is 2.29 bits per heavy atom. The summed E-state index contributed by atoms with van der Waals surface area (Å²) in [6.45, 7) is 4.90. The Morgan fingerprint density at radius 1 is 1.48 bits per heavy atom. The van der Waals surface area contributed by atoms with E-state index in [0.717, 1.165) is 42.7 Å². The Bertz CT molecular complexity index is 492. The van der Waals surface area contributed by atoms with Gasteiger partial charge in [-0.25, -0.2) is 0 Å². The number of likely N-dealkylation sites (tertiary alicyclic amines) is 1. The predicted octanol–water partition coefficient (Wildman–Crippen LogP) is 3.23. The van der Waals surface area contributed by atoms with E-state index in [4.69, 9.17) is 9.47 Å². The van der Waals surface area contributed by atoms with Gasteiger partial charge in [0.2, 0.25) is 0 Å². The van der Waals surface area contributed by atoms with Crippen molar-refractivity contribution in [3.63, 3.8) is 0 Å². The number of carbonyl (C=O) groups excluding carboxylic acids is 1. The Kier molecular flexibility index (Phi) is 6.06. The van der Waals surface area contributed by atoms with Gasteiger partial charge >= 0.3 is 5.97 Å². The maximum absolute atomic E-state index is 11.9. The monoisotopic (exact) mass is 355 g/mol. The highest BCUT2D eigenvalue weighted by molar-refractivity contribution is 9.10. The van der Waals surface area contributed by atoms with Crippen LogP contribution >= 0.6 is 15.9 Å². The lowest BCUT2D eigenvalue weighted by atomic mass is 9.97. The molecule has 0 amide bonds. The number of halogens is 1. The van der Waals surface area contributed by atoms with Crippen LogP contribution in [0.4, 0.5) is 0 Å². The van der Waals surface area contributed by atoms with E-state index < -0.39 is 0 Å². The molecule has 0 aromatic heterocycles. The maximum atomic E-state index is 11.9. The van der Waals surface area contributed by atoms with Gasteiger partial charge in [0, 0.05) is 17.6 Å². The smallest absolute Gasteiger partial charge is 0.310 e. The summed E-state index contributed by atoms with van der Waals surface area (Å²) < 4.78 is 11.5. The van der Waals surface area contributed by atoms with Crippen LogP contribution in [0.5, 0.6) is 5.75 Å². The highest BCUT2D eigenvalue weighted by atomic mass is 79.9. The van der Waals surface area contributed by atoms with Gasteiger partial charge in [0.1, 0.15) is 5.75 Å². The summed E-state index contributed by atoms with van der Waals surface area (Å²) in [4.78, 5) is 14.2. The van der Waals surface area contributed by atoms with Gasteiger partial charge in [-0.3, -0.25) is 9.69 Å². The largest absolute Gasteiger partial charge is 0.497 e. The van der Waals surface area contributed by atoms with Crippen LogP contribution in [0.1, 0.15) is 25.3 Å². The average Bonchev–Trinajstić information content (AvgIpc) is 2.50. The second-order valence-electron chi connectivity index (χ2n) is 5.28. The Morgan fingerprint density at radius 3 is 3.00 bits per heavy atom. The van der Waals surface area contributed by atoms with Crippen LogP contribution in [0.25, 0.3) is 0 Å². The number of carbonyl (C=O) groups is 1. The molecule has 1 aliphatic rings. The fourth-order valence-electron chi connectivity index (χ4n) is 2.69. The standard InChI is InChI=1S/C16H22BrNO3/c1-3-21-16(19)12-5-4-8-18(10-12)11-13-9-14(20-2)6-7-15(13)17/h6-7,9,12H,3-5,8,10-11H2,1-2H3/t12-/m0/s1. The summed E-state index contributed by atoms with van der Waals surface area (Å²) in [5, 5.41) is 0. The molecule has 0 spiro atoms. The van der Waals surface area contributed by atoms with E-state index in [0.29, 0.717) is 6.61 Å². The Balaban J connectivity index is 2.00. The summed E-state index contributed by atoms with van der Waals surface area (Å²) in [5.41, 5.74) is 1.18. The van der Waals surface area contributed by atoms with Gasteiger partial charge in [0.25, 0.3) is 0 Å². The van der Waals surface area contributed by atoms with E-state index in [2.05, 4.69) is 20.8 Å². The fraction of sp³-hybridized carbons (Fsp3) is 0.562. The van der Waals surface area contributed by atoms with Crippen LogP contribution in [0.3, 0.4) is 0 Å². The van der Waals surface area contributed by atoms with Gasteiger partial charge in [-0.05, 0) is 50.1 Å². The first-order valence-electron chi connectivity index (χ1n) is 7.35. The van der Waals surface area contributed by atoms with Gasteiger partial charge in [-0.1, -0.05) is 15.9 Å². The maximum Gasteiger partial charge on any atom is 0.310 e. The minimum atomic E-state index is -0.0630. The second kappa shape index (κ2) is 7.80. The zero-order valence-corrected chi connectivity index (χ0v) is 14.2. The van der Waals surface area contributed by atoms with Gasteiger partial charge in [-0.15, -0.1) is 0 Å². The number of piperidine rings is 1. The SMILES string of the molecule is CCOC(=O)[C@H]1CCCN(Cc2cc(OC)ccc2Br)C1. The lowest BCUT2D eigenvalue weighted by Crippen LogP contribution is -2.39. The molecule has 0 saturated carbocycles. The summed E-state index contributed by atoms with van der Waals surface area (Å²) in [6, 6.07) is 5.98. The van der Waals surface area contributed by atoms with E-state index in [1.165, 1.54) is 5.56 Å².